The number of aromatic hydroxyl groups is 1. The van der Waals surface area contributed by atoms with Crippen molar-refractivity contribution < 1.29 is 23.1 Å². The number of carbonyl (C=O) groups is 1. The van der Waals surface area contributed by atoms with E-state index in [1.807, 2.05) is 24.3 Å². The fraction of sp³-hybridized carbons (Fsp3) is 0.182. The quantitative estimate of drug-likeness (QED) is 0.413. The van der Waals surface area contributed by atoms with E-state index in [0.29, 0.717) is 23.6 Å². The molecule has 0 spiro atoms. The summed E-state index contributed by atoms with van der Waals surface area (Å²) in [7, 11) is -3.72. The Morgan fingerprint density at radius 2 is 1.90 bits per heavy atom. The first-order chi connectivity index (χ1) is 14.8. The highest BCUT2D eigenvalue weighted by Crippen LogP contribution is 2.28. The van der Waals surface area contributed by atoms with Crippen LogP contribution in [0.5, 0.6) is 11.5 Å². The van der Waals surface area contributed by atoms with Crippen molar-refractivity contribution in [3.63, 3.8) is 0 Å². The maximum Gasteiger partial charge on any atom is 0.260 e. The number of hydrogen-bond acceptors (Lipinski definition) is 6. The average molecular weight is 442 g/mol. The summed E-state index contributed by atoms with van der Waals surface area (Å²) in [5.41, 5.74) is 3.35. The number of amides is 1. The molecule has 2 N–H and O–H groups in total. The molecule has 9 heteroatoms. The Hall–Kier alpha value is -3.59. The van der Waals surface area contributed by atoms with Gasteiger partial charge in [-0.15, -0.1) is 0 Å². The number of phenols is 1. The fourth-order valence-corrected chi connectivity index (χ4v) is 3.90. The van der Waals surface area contributed by atoms with E-state index in [1.54, 1.807) is 37.3 Å². The highest BCUT2D eigenvalue weighted by Gasteiger charge is 2.22. The lowest BCUT2D eigenvalue weighted by molar-refractivity contribution is -0.119. The van der Waals surface area contributed by atoms with E-state index in [0.717, 1.165) is 21.3 Å². The highest BCUT2D eigenvalue weighted by atomic mass is 32.2. The number of phenolic OH excluding ortho intramolecular Hbond substituents is 1. The fourth-order valence-electron chi connectivity index (χ4n) is 3.03. The number of hydrazone groups is 1. The van der Waals surface area contributed by atoms with Gasteiger partial charge in [0.25, 0.3) is 5.91 Å². The van der Waals surface area contributed by atoms with Crippen LogP contribution in [-0.4, -0.2) is 45.1 Å². The van der Waals surface area contributed by atoms with Crippen LogP contribution in [0.1, 0.15) is 12.5 Å². The second kappa shape index (κ2) is 9.48. The Labute approximate surface area is 180 Å². The van der Waals surface area contributed by atoms with Crippen LogP contribution in [0.4, 0.5) is 5.69 Å². The van der Waals surface area contributed by atoms with Crippen LogP contribution in [0.25, 0.3) is 10.8 Å². The molecular formula is C22H23N3O5S. The summed E-state index contributed by atoms with van der Waals surface area (Å²) in [6, 6.07) is 17.3. The third kappa shape index (κ3) is 5.52. The van der Waals surface area contributed by atoms with Crippen molar-refractivity contribution in [1.82, 2.24) is 5.43 Å². The van der Waals surface area contributed by atoms with Crippen LogP contribution in [0.15, 0.2) is 65.8 Å². The number of hydrogen-bond donors (Lipinski definition) is 2. The van der Waals surface area contributed by atoms with Crippen molar-refractivity contribution >= 4 is 38.6 Å². The molecule has 0 aliphatic carbocycles. The Morgan fingerprint density at radius 3 is 2.65 bits per heavy atom. The molecule has 0 fully saturated rings. The zero-order valence-electron chi connectivity index (χ0n) is 17.1. The number of carbonyl (C=O) groups excluding carboxylic acids is 1. The number of ether oxygens (including phenoxy) is 1. The molecule has 0 heterocycles. The van der Waals surface area contributed by atoms with E-state index in [9.17, 15) is 18.3 Å². The van der Waals surface area contributed by atoms with E-state index in [1.165, 1.54) is 12.3 Å². The first-order valence-corrected chi connectivity index (χ1v) is 11.4. The van der Waals surface area contributed by atoms with Gasteiger partial charge >= 0.3 is 0 Å². The van der Waals surface area contributed by atoms with Gasteiger partial charge in [-0.3, -0.25) is 9.10 Å². The minimum atomic E-state index is -3.72. The molecule has 0 saturated heterocycles. The summed E-state index contributed by atoms with van der Waals surface area (Å²) in [4.78, 5) is 12.4. The number of sulfonamides is 1. The standard InChI is InChI=1S/C22H23N3O5S/c1-3-30-21-13-16(11-12-20(21)26)14-23-24-22(27)15-25(31(2,28)29)19-10-6-8-17-7-4-5-9-18(17)19/h4-14,26H,3,15H2,1-2H3,(H,24,27)/b23-14-. The number of benzene rings is 3. The normalized spacial score (nSPS) is 11.5. The van der Waals surface area contributed by atoms with Gasteiger partial charge in [0.1, 0.15) is 6.54 Å². The maximum absolute atomic E-state index is 12.4. The molecular weight excluding hydrogens is 418 g/mol. The Bertz CT molecular complexity index is 1220. The summed E-state index contributed by atoms with van der Waals surface area (Å²) >= 11 is 0. The van der Waals surface area contributed by atoms with Gasteiger partial charge in [0.05, 0.1) is 24.8 Å². The molecule has 8 nitrogen and oxygen atoms in total. The van der Waals surface area contributed by atoms with Crippen LogP contribution < -0.4 is 14.5 Å². The zero-order chi connectivity index (χ0) is 22.4. The van der Waals surface area contributed by atoms with Crippen molar-refractivity contribution in [3.05, 3.63) is 66.2 Å². The van der Waals surface area contributed by atoms with E-state index in [-0.39, 0.29) is 5.75 Å². The van der Waals surface area contributed by atoms with Gasteiger partial charge < -0.3 is 9.84 Å². The van der Waals surface area contributed by atoms with Crippen molar-refractivity contribution in [2.75, 3.05) is 23.7 Å². The van der Waals surface area contributed by atoms with Gasteiger partial charge in [0.15, 0.2) is 11.5 Å². The largest absolute Gasteiger partial charge is 0.504 e. The third-order valence-electron chi connectivity index (χ3n) is 4.41. The van der Waals surface area contributed by atoms with Crippen LogP contribution in [-0.2, 0) is 14.8 Å². The van der Waals surface area contributed by atoms with Crippen LogP contribution in [0.2, 0.25) is 0 Å². The maximum atomic E-state index is 12.4. The molecule has 0 saturated carbocycles. The SMILES string of the molecule is CCOc1cc(/C=N\NC(=O)CN(c2cccc3ccccc23)S(C)(=O)=O)ccc1O. The minimum absolute atomic E-state index is 0.00178. The van der Waals surface area contributed by atoms with Crippen LogP contribution in [0, 0.1) is 0 Å². The number of nitrogens with one attached hydrogen (secondary N) is 1. The molecule has 0 atom stereocenters. The van der Waals surface area contributed by atoms with Crippen molar-refractivity contribution in [2.24, 2.45) is 5.10 Å². The Balaban J connectivity index is 1.77. The molecule has 3 aromatic rings. The second-order valence-electron chi connectivity index (χ2n) is 6.72. The van der Waals surface area contributed by atoms with Gasteiger partial charge in [-0.05, 0) is 42.1 Å². The van der Waals surface area contributed by atoms with E-state index >= 15 is 0 Å². The van der Waals surface area contributed by atoms with Crippen LogP contribution in [0.3, 0.4) is 0 Å². The Kier molecular flexibility index (Phi) is 6.76. The van der Waals surface area contributed by atoms with Crippen molar-refractivity contribution in [2.45, 2.75) is 6.92 Å². The van der Waals surface area contributed by atoms with Gasteiger partial charge in [0, 0.05) is 5.39 Å². The molecule has 1 amide bonds. The van der Waals surface area contributed by atoms with Crippen molar-refractivity contribution in [1.29, 1.82) is 0 Å². The molecule has 31 heavy (non-hydrogen) atoms. The molecule has 0 aliphatic heterocycles. The van der Waals surface area contributed by atoms with Gasteiger partial charge in [-0.1, -0.05) is 36.4 Å². The second-order valence-corrected chi connectivity index (χ2v) is 8.63. The summed E-state index contributed by atoms with van der Waals surface area (Å²) < 4.78 is 31.2. The molecule has 0 unspecified atom stereocenters. The monoisotopic (exact) mass is 441 g/mol. The molecule has 0 aromatic heterocycles. The van der Waals surface area contributed by atoms with Crippen LogP contribution >= 0.6 is 0 Å². The molecule has 0 aliphatic rings. The summed E-state index contributed by atoms with van der Waals surface area (Å²) in [6.45, 7) is 1.76. The lowest BCUT2D eigenvalue weighted by Gasteiger charge is -2.23. The summed E-state index contributed by atoms with van der Waals surface area (Å²) in [6.07, 6.45) is 2.43. The van der Waals surface area contributed by atoms with Crippen molar-refractivity contribution in [3.8, 4) is 11.5 Å². The van der Waals surface area contributed by atoms with Gasteiger partial charge in [-0.2, -0.15) is 5.10 Å². The molecule has 0 bridgehead atoms. The molecule has 3 aromatic carbocycles. The topological polar surface area (TPSA) is 108 Å². The Morgan fingerprint density at radius 1 is 1.16 bits per heavy atom. The minimum Gasteiger partial charge on any atom is -0.504 e. The lowest BCUT2D eigenvalue weighted by atomic mass is 10.1. The van der Waals surface area contributed by atoms with E-state index < -0.39 is 22.5 Å². The predicted molar refractivity (Wildman–Crippen MR) is 121 cm³/mol. The highest BCUT2D eigenvalue weighted by molar-refractivity contribution is 7.92. The first kappa shape index (κ1) is 22.1. The van der Waals surface area contributed by atoms with Gasteiger partial charge in [0.2, 0.25) is 10.0 Å². The summed E-state index contributed by atoms with van der Waals surface area (Å²) in [5, 5.41) is 15.2. The lowest BCUT2D eigenvalue weighted by Crippen LogP contribution is -2.39. The smallest absolute Gasteiger partial charge is 0.260 e. The average Bonchev–Trinajstić information content (AvgIpc) is 2.73. The predicted octanol–water partition coefficient (Wildman–Crippen LogP) is 2.86. The molecule has 0 radical (unpaired) electrons. The summed E-state index contributed by atoms with van der Waals surface area (Å²) in [5.74, 6) is -0.294. The van der Waals surface area contributed by atoms with Gasteiger partial charge in [-0.25, -0.2) is 13.8 Å². The van der Waals surface area contributed by atoms with E-state index in [4.69, 9.17) is 4.74 Å². The first-order valence-electron chi connectivity index (χ1n) is 9.53. The van der Waals surface area contributed by atoms with E-state index in [2.05, 4.69) is 10.5 Å². The zero-order valence-corrected chi connectivity index (χ0v) is 18.0. The number of nitrogens with zero attached hydrogens (tertiary/aromatic N) is 2. The number of rotatable bonds is 8. The number of fused-ring (bicyclic) bond motifs is 1. The molecule has 3 rings (SSSR count). The molecule has 162 valence electrons. The third-order valence-corrected chi connectivity index (χ3v) is 5.54. The number of anilines is 1.